The van der Waals surface area contributed by atoms with Crippen molar-refractivity contribution in [1.29, 1.82) is 0 Å². The van der Waals surface area contributed by atoms with Gasteiger partial charge in [-0.1, -0.05) is 29.3 Å². The van der Waals surface area contributed by atoms with Gasteiger partial charge in [-0.15, -0.1) is 0 Å². The van der Waals surface area contributed by atoms with Crippen molar-refractivity contribution in [1.82, 2.24) is 9.78 Å². The van der Waals surface area contributed by atoms with Crippen LogP contribution in [0.1, 0.15) is 22.4 Å². The molecule has 0 aliphatic carbocycles. The van der Waals surface area contributed by atoms with E-state index in [0.29, 0.717) is 22.0 Å². The lowest BCUT2D eigenvalue weighted by atomic mass is 10.2. The fraction of sp³-hybridized carbons (Fsp3) is 0.0952. The summed E-state index contributed by atoms with van der Waals surface area (Å²) in [6.07, 6.45) is 1.62. The number of aliphatic imine (C=N–C) groups is 1. The van der Waals surface area contributed by atoms with E-state index in [9.17, 15) is 4.79 Å². The third-order valence-electron chi connectivity index (χ3n) is 4.39. The van der Waals surface area contributed by atoms with E-state index in [2.05, 4.69) is 48.6 Å². The lowest BCUT2D eigenvalue weighted by Gasteiger charge is -2.03. The zero-order valence-corrected chi connectivity index (χ0v) is 19.9. The summed E-state index contributed by atoms with van der Waals surface area (Å²) in [5.41, 5.74) is 4.21. The third kappa shape index (κ3) is 4.04. The fourth-order valence-electron chi connectivity index (χ4n) is 2.83. The minimum atomic E-state index is -0.520. The molecule has 8 heteroatoms. The molecule has 0 atom stereocenters. The Hall–Kier alpha value is -1.97. The van der Waals surface area contributed by atoms with Gasteiger partial charge >= 0.3 is 5.97 Å². The largest absolute Gasteiger partial charge is 0.402 e. The van der Waals surface area contributed by atoms with E-state index in [1.165, 1.54) is 0 Å². The topological polar surface area (TPSA) is 56.5 Å². The van der Waals surface area contributed by atoms with Gasteiger partial charge in [-0.05, 0) is 88.8 Å². The average Bonchev–Trinajstić information content (AvgIpc) is 3.19. The van der Waals surface area contributed by atoms with Crippen molar-refractivity contribution < 1.29 is 9.53 Å². The molecular weight excluding hydrogens is 569 g/mol. The fourth-order valence-corrected chi connectivity index (χ4v) is 3.87. The Morgan fingerprint density at radius 2 is 1.90 bits per heavy atom. The highest BCUT2D eigenvalue weighted by molar-refractivity contribution is 14.1. The van der Waals surface area contributed by atoms with Crippen LogP contribution in [0.5, 0.6) is 0 Å². The van der Waals surface area contributed by atoms with E-state index in [1.54, 1.807) is 10.8 Å². The molecule has 0 saturated carbocycles. The number of rotatable bonds is 3. The van der Waals surface area contributed by atoms with Gasteiger partial charge in [0.05, 0.1) is 11.4 Å². The number of halogens is 3. The summed E-state index contributed by atoms with van der Waals surface area (Å²) in [4.78, 5) is 16.7. The summed E-state index contributed by atoms with van der Waals surface area (Å²) in [5.74, 6) is -0.258. The first kappa shape index (κ1) is 20.3. The Morgan fingerprint density at radius 1 is 1.17 bits per heavy atom. The van der Waals surface area contributed by atoms with Crippen molar-refractivity contribution in [2.24, 2.45) is 4.99 Å². The summed E-state index contributed by atoms with van der Waals surface area (Å²) >= 11 is 12.3. The van der Waals surface area contributed by atoms with Crippen molar-refractivity contribution in [3.63, 3.8) is 0 Å². The Labute approximate surface area is 194 Å². The first-order valence-electron chi connectivity index (χ1n) is 8.63. The maximum Gasteiger partial charge on any atom is 0.363 e. The monoisotopic (exact) mass is 581 g/mol. The van der Waals surface area contributed by atoms with Crippen LogP contribution in [0.4, 0.5) is 0 Å². The molecule has 146 valence electrons. The number of benzene rings is 2. The molecule has 1 aliphatic rings. The van der Waals surface area contributed by atoms with Crippen molar-refractivity contribution in [3.8, 4) is 5.69 Å². The van der Waals surface area contributed by atoms with Crippen LogP contribution < -0.4 is 0 Å². The van der Waals surface area contributed by atoms with Gasteiger partial charge in [0, 0.05) is 19.2 Å². The van der Waals surface area contributed by atoms with Crippen LogP contribution >= 0.6 is 50.1 Å². The number of esters is 1. The van der Waals surface area contributed by atoms with Gasteiger partial charge in [0.1, 0.15) is 5.15 Å². The Kier molecular flexibility index (Phi) is 5.63. The lowest BCUT2D eigenvalue weighted by Crippen LogP contribution is -2.05. The lowest BCUT2D eigenvalue weighted by molar-refractivity contribution is -0.129. The summed E-state index contributed by atoms with van der Waals surface area (Å²) in [5, 5.41) is 4.92. The molecule has 29 heavy (non-hydrogen) atoms. The summed E-state index contributed by atoms with van der Waals surface area (Å²) < 4.78 is 8.96. The molecule has 0 radical (unpaired) electrons. The Bertz CT molecular complexity index is 1200. The van der Waals surface area contributed by atoms with Crippen LogP contribution in [0.15, 0.2) is 57.6 Å². The van der Waals surface area contributed by atoms with E-state index < -0.39 is 5.97 Å². The van der Waals surface area contributed by atoms with Crippen molar-refractivity contribution >= 4 is 68.1 Å². The van der Waals surface area contributed by atoms with E-state index in [0.717, 1.165) is 19.3 Å². The molecule has 2 heterocycles. The Balaban J connectivity index is 1.72. The molecule has 1 aromatic heterocycles. The van der Waals surface area contributed by atoms with Crippen LogP contribution in [0.25, 0.3) is 11.8 Å². The molecule has 0 spiro atoms. The molecule has 0 saturated heterocycles. The maximum atomic E-state index is 12.4. The molecule has 0 N–H and O–H groups in total. The number of aryl methyl sites for hydroxylation is 2. The second-order valence-electron chi connectivity index (χ2n) is 6.50. The van der Waals surface area contributed by atoms with Gasteiger partial charge in [0.2, 0.25) is 5.90 Å². The molecule has 1 aliphatic heterocycles. The summed E-state index contributed by atoms with van der Waals surface area (Å²) in [6, 6.07) is 13.5. The van der Waals surface area contributed by atoms with Crippen molar-refractivity contribution in [2.75, 3.05) is 0 Å². The first-order chi connectivity index (χ1) is 13.8. The van der Waals surface area contributed by atoms with Crippen molar-refractivity contribution in [3.05, 3.63) is 83.7 Å². The quantitative estimate of drug-likeness (QED) is 0.221. The van der Waals surface area contributed by atoms with Gasteiger partial charge in [-0.2, -0.15) is 5.10 Å². The standard InChI is InChI=1S/C21H14BrClIN3O2/c1-11-3-6-14(7-4-11)27-19(23)15(12(2)26-27)10-18-21(28)29-20(25-18)13-5-8-17(24)16(22)9-13/h3-10H,1-2H3/b18-10-. The van der Waals surface area contributed by atoms with Crippen LogP contribution in [0.3, 0.4) is 0 Å². The van der Waals surface area contributed by atoms with Gasteiger partial charge in [0.25, 0.3) is 0 Å². The number of hydrogen-bond acceptors (Lipinski definition) is 4. The highest BCUT2D eigenvalue weighted by Crippen LogP contribution is 2.29. The van der Waals surface area contributed by atoms with Gasteiger partial charge < -0.3 is 4.74 Å². The Morgan fingerprint density at radius 3 is 2.59 bits per heavy atom. The van der Waals surface area contributed by atoms with Gasteiger partial charge in [-0.25, -0.2) is 14.5 Å². The van der Waals surface area contributed by atoms with Gasteiger partial charge in [0.15, 0.2) is 5.70 Å². The second kappa shape index (κ2) is 8.04. The summed E-state index contributed by atoms with van der Waals surface area (Å²) in [7, 11) is 0. The minimum absolute atomic E-state index is 0.183. The highest BCUT2D eigenvalue weighted by atomic mass is 127. The zero-order chi connectivity index (χ0) is 20.7. The van der Waals surface area contributed by atoms with E-state index >= 15 is 0 Å². The molecular formula is C21H14BrClIN3O2. The average molecular weight is 583 g/mol. The number of nitrogens with zero attached hydrogens (tertiary/aromatic N) is 3. The summed E-state index contributed by atoms with van der Waals surface area (Å²) in [6.45, 7) is 3.85. The number of hydrogen-bond donors (Lipinski definition) is 0. The zero-order valence-electron chi connectivity index (χ0n) is 15.4. The van der Waals surface area contributed by atoms with Crippen LogP contribution in [0.2, 0.25) is 5.15 Å². The highest BCUT2D eigenvalue weighted by Gasteiger charge is 2.26. The molecule has 0 amide bonds. The number of ether oxygens (including phenoxy) is 1. The van der Waals surface area contributed by atoms with E-state index in [1.807, 2.05) is 56.3 Å². The van der Waals surface area contributed by atoms with E-state index in [-0.39, 0.29) is 11.6 Å². The normalized spacial score (nSPS) is 15.0. The van der Waals surface area contributed by atoms with Crippen molar-refractivity contribution in [2.45, 2.75) is 13.8 Å². The second-order valence-corrected chi connectivity index (χ2v) is 8.88. The molecule has 3 aromatic rings. The third-order valence-corrected chi connectivity index (χ3v) is 7.10. The predicted octanol–water partition coefficient (Wildman–Crippen LogP) is 5.85. The number of carbonyl (C=O) groups excluding carboxylic acids is 1. The predicted molar refractivity (Wildman–Crippen MR) is 126 cm³/mol. The molecule has 4 rings (SSSR count). The first-order valence-corrected chi connectivity index (χ1v) is 10.9. The number of aromatic nitrogens is 2. The number of cyclic esters (lactones) is 1. The smallest absolute Gasteiger partial charge is 0.363 e. The molecule has 0 unspecified atom stereocenters. The minimum Gasteiger partial charge on any atom is -0.402 e. The SMILES string of the molecule is Cc1ccc(-n2nc(C)c(/C=C3\N=C(c4ccc(I)c(Br)c4)OC3=O)c2Cl)cc1. The van der Waals surface area contributed by atoms with E-state index in [4.69, 9.17) is 16.3 Å². The van der Waals surface area contributed by atoms with Crippen LogP contribution in [0, 0.1) is 17.4 Å². The molecule has 5 nitrogen and oxygen atoms in total. The maximum absolute atomic E-state index is 12.4. The molecule has 0 fully saturated rings. The number of carbonyl (C=O) groups is 1. The molecule has 2 aromatic carbocycles. The van der Waals surface area contributed by atoms with Gasteiger partial charge in [-0.3, -0.25) is 0 Å². The van der Waals surface area contributed by atoms with Crippen LogP contribution in [-0.4, -0.2) is 21.6 Å². The molecule has 0 bridgehead atoms. The van der Waals surface area contributed by atoms with Crippen LogP contribution in [-0.2, 0) is 9.53 Å².